The fraction of sp³-hybridized carbons (Fsp3) is 0.500. The summed E-state index contributed by atoms with van der Waals surface area (Å²) in [6.07, 6.45) is -0.870. The number of carboxylic acid groups (broad SMARTS) is 1. The van der Waals surface area contributed by atoms with Crippen molar-refractivity contribution in [2.24, 2.45) is 0 Å². The quantitative estimate of drug-likeness (QED) is 0.883. The molecule has 6 heteroatoms. The van der Waals surface area contributed by atoms with E-state index in [9.17, 15) is 14.0 Å². The van der Waals surface area contributed by atoms with E-state index in [0.29, 0.717) is 11.3 Å². The molecule has 0 spiro atoms. The van der Waals surface area contributed by atoms with Crippen LogP contribution < -0.4 is 5.32 Å². The van der Waals surface area contributed by atoms with Gasteiger partial charge in [-0.25, -0.2) is 9.18 Å². The number of nitrogens with one attached hydrogen (secondary N) is 1. The topological polar surface area (TPSA) is 75.6 Å². The molecule has 0 aliphatic rings. The molecule has 0 saturated heterocycles. The number of aliphatic carboxylic acids is 1. The Kier molecular flexibility index (Phi) is 5.17. The van der Waals surface area contributed by atoms with Crippen molar-refractivity contribution in [1.29, 1.82) is 0 Å². The third kappa shape index (κ3) is 5.35. The van der Waals surface area contributed by atoms with Crippen LogP contribution >= 0.6 is 0 Å². The summed E-state index contributed by atoms with van der Waals surface area (Å²) < 4.78 is 18.7. The zero-order chi connectivity index (χ0) is 17.1. The largest absolute Gasteiger partial charge is 0.481 e. The molecule has 0 unspecified atom stereocenters. The van der Waals surface area contributed by atoms with Crippen molar-refractivity contribution in [2.75, 3.05) is 5.32 Å². The Labute approximate surface area is 129 Å². The van der Waals surface area contributed by atoms with Gasteiger partial charge >= 0.3 is 12.1 Å². The number of halogens is 1. The number of rotatable bonds is 4. The van der Waals surface area contributed by atoms with Crippen molar-refractivity contribution >= 4 is 17.7 Å². The molecule has 1 aromatic carbocycles. The van der Waals surface area contributed by atoms with Gasteiger partial charge in [-0.05, 0) is 44.5 Å². The lowest BCUT2D eigenvalue weighted by atomic mass is 9.80. The van der Waals surface area contributed by atoms with Gasteiger partial charge in [0.25, 0.3) is 0 Å². The Morgan fingerprint density at radius 1 is 1.23 bits per heavy atom. The first-order valence-electron chi connectivity index (χ1n) is 6.92. The van der Waals surface area contributed by atoms with Crippen LogP contribution in [-0.4, -0.2) is 22.8 Å². The number of benzene rings is 1. The molecule has 0 radical (unpaired) electrons. The minimum absolute atomic E-state index is 0.195. The maximum absolute atomic E-state index is 13.5. The normalized spacial score (nSPS) is 11.9. The van der Waals surface area contributed by atoms with Crippen molar-refractivity contribution in [1.82, 2.24) is 0 Å². The second kappa shape index (κ2) is 6.34. The van der Waals surface area contributed by atoms with Gasteiger partial charge in [-0.3, -0.25) is 10.1 Å². The van der Waals surface area contributed by atoms with E-state index in [1.165, 1.54) is 18.2 Å². The lowest BCUT2D eigenvalue weighted by Crippen LogP contribution is -2.29. The minimum atomic E-state index is -1.00. The number of carbonyl (C=O) groups excluding carboxylic acids is 1. The van der Waals surface area contributed by atoms with Gasteiger partial charge in [0.05, 0.1) is 6.42 Å². The lowest BCUT2D eigenvalue weighted by molar-refractivity contribution is -0.138. The Morgan fingerprint density at radius 2 is 1.82 bits per heavy atom. The summed E-state index contributed by atoms with van der Waals surface area (Å²) in [5.74, 6) is -1.50. The maximum atomic E-state index is 13.5. The first-order chi connectivity index (χ1) is 9.90. The fourth-order valence-electron chi connectivity index (χ4n) is 2.07. The molecule has 0 bridgehead atoms. The Balaban J connectivity index is 3.11. The number of anilines is 1. The smallest absolute Gasteiger partial charge is 0.412 e. The molecule has 0 aromatic heterocycles. The summed E-state index contributed by atoms with van der Waals surface area (Å²) in [5, 5.41) is 11.6. The minimum Gasteiger partial charge on any atom is -0.481 e. The summed E-state index contributed by atoms with van der Waals surface area (Å²) in [6.45, 7) is 8.54. The number of amides is 1. The van der Waals surface area contributed by atoms with Gasteiger partial charge in [0.1, 0.15) is 11.4 Å². The van der Waals surface area contributed by atoms with E-state index in [4.69, 9.17) is 9.84 Å². The molecule has 1 amide bonds. The molecule has 122 valence electrons. The van der Waals surface area contributed by atoms with Crippen LogP contribution in [0.2, 0.25) is 0 Å². The number of carbonyl (C=O) groups is 2. The number of ether oxygens (including phenoxy) is 1. The summed E-state index contributed by atoms with van der Waals surface area (Å²) >= 11 is 0. The molecule has 1 rings (SSSR count). The van der Waals surface area contributed by atoms with Gasteiger partial charge in [-0.15, -0.1) is 0 Å². The third-order valence-electron chi connectivity index (χ3n) is 2.94. The SMILES string of the molecule is CC(C)(C)OC(=O)Nc1ccc(F)cc1C(C)(C)CC(=O)O. The van der Waals surface area contributed by atoms with Crippen LogP contribution in [0.25, 0.3) is 0 Å². The van der Waals surface area contributed by atoms with Crippen LogP contribution in [0.4, 0.5) is 14.9 Å². The van der Waals surface area contributed by atoms with Crippen LogP contribution in [0.15, 0.2) is 18.2 Å². The molecule has 0 heterocycles. The molecular weight excluding hydrogens is 289 g/mol. The third-order valence-corrected chi connectivity index (χ3v) is 2.94. The highest BCUT2D eigenvalue weighted by Crippen LogP contribution is 2.33. The molecule has 1 aromatic rings. The van der Waals surface area contributed by atoms with Gasteiger partial charge in [-0.1, -0.05) is 13.8 Å². The highest BCUT2D eigenvalue weighted by molar-refractivity contribution is 5.86. The van der Waals surface area contributed by atoms with Gasteiger partial charge in [-0.2, -0.15) is 0 Å². The second-order valence-electron chi connectivity index (χ2n) is 6.77. The van der Waals surface area contributed by atoms with Crippen molar-refractivity contribution in [3.63, 3.8) is 0 Å². The first kappa shape index (κ1) is 17.9. The summed E-state index contributed by atoms with van der Waals surface area (Å²) in [7, 11) is 0. The summed E-state index contributed by atoms with van der Waals surface area (Å²) in [6, 6.07) is 3.83. The molecule has 0 fully saturated rings. The molecule has 0 atom stereocenters. The number of carboxylic acids is 1. The summed E-state index contributed by atoms with van der Waals surface area (Å²) in [5.41, 5.74) is -0.776. The predicted molar refractivity (Wildman–Crippen MR) is 81.5 cm³/mol. The molecule has 2 N–H and O–H groups in total. The van der Waals surface area contributed by atoms with Crippen molar-refractivity contribution < 1.29 is 23.8 Å². The molecule has 22 heavy (non-hydrogen) atoms. The van der Waals surface area contributed by atoms with Gasteiger partial charge in [0, 0.05) is 11.1 Å². The number of hydrogen-bond acceptors (Lipinski definition) is 3. The molecule has 0 saturated carbocycles. The Bertz CT molecular complexity index is 576. The zero-order valence-corrected chi connectivity index (χ0v) is 13.5. The second-order valence-corrected chi connectivity index (χ2v) is 6.77. The monoisotopic (exact) mass is 311 g/mol. The van der Waals surface area contributed by atoms with Gasteiger partial charge < -0.3 is 9.84 Å². The number of hydrogen-bond donors (Lipinski definition) is 2. The van der Waals surface area contributed by atoms with E-state index in [1.54, 1.807) is 34.6 Å². The maximum Gasteiger partial charge on any atom is 0.412 e. The average Bonchev–Trinajstić information content (AvgIpc) is 2.27. The highest BCUT2D eigenvalue weighted by atomic mass is 19.1. The van der Waals surface area contributed by atoms with Crippen LogP contribution in [0.3, 0.4) is 0 Å². The molecular formula is C16H22FNO4. The standard InChI is InChI=1S/C16H22FNO4/c1-15(2,3)22-14(21)18-12-7-6-10(17)8-11(12)16(4,5)9-13(19)20/h6-8H,9H2,1-5H3,(H,18,21)(H,19,20). The zero-order valence-electron chi connectivity index (χ0n) is 13.5. The van der Waals surface area contributed by atoms with E-state index in [1.807, 2.05) is 0 Å². The molecule has 0 aliphatic carbocycles. The van der Waals surface area contributed by atoms with Crippen molar-refractivity contribution in [3.8, 4) is 0 Å². The van der Waals surface area contributed by atoms with Gasteiger partial charge in [0.2, 0.25) is 0 Å². The van der Waals surface area contributed by atoms with Crippen molar-refractivity contribution in [3.05, 3.63) is 29.6 Å². The molecule has 5 nitrogen and oxygen atoms in total. The predicted octanol–water partition coefficient (Wildman–Crippen LogP) is 3.93. The first-order valence-corrected chi connectivity index (χ1v) is 6.92. The van der Waals surface area contributed by atoms with E-state index in [0.717, 1.165) is 0 Å². The fourth-order valence-corrected chi connectivity index (χ4v) is 2.07. The van der Waals surface area contributed by atoms with Gasteiger partial charge in [0.15, 0.2) is 0 Å². The van der Waals surface area contributed by atoms with E-state index in [2.05, 4.69) is 5.32 Å². The van der Waals surface area contributed by atoms with E-state index < -0.39 is 28.9 Å². The van der Waals surface area contributed by atoms with Crippen LogP contribution in [0, 0.1) is 5.82 Å². The van der Waals surface area contributed by atoms with Crippen LogP contribution in [-0.2, 0) is 14.9 Å². The van der Waals surface area contributed by atoms with E-state index >= 15 is 0 Å². The lowest BCUT2D eigenvalue weighted by Gasteiger charge is -2.27. The van der Waals surface area contributed by atoms with Crippen LogP contribution in [0.5, 0.6) is 0 Å². The Hall–Kier alpha value is -2.11. The van der Waals surface area contributed by atoms with E-state index in [-0.39, 0.29) is 6.42 Å². The highest BCUT2D eigenvalue weighted by Gasteiger charge is 2.28. The molecule has 0 aliphatic heterocycles. The summed E-state index contributed by atoms with van der Waals surface area (Å²) in [4.78, 5) is 22.9. The van der Waals surface area contributed by atoms with Crippen LogP contribution in [0.1, 0.15) is 46.6 Å². The Morgan fingerprint density at radius 3 is 2.32 bits per heavy atom. The average molecular weight is 311 g/mol. The van der Waals surface area contributed by atoms with Crippen molar-refractivity contribution in [2.45, 2.75) is 52.1 Å².